The number of anilines is 2. The summed E-state index contributed by atoms with van der Waals surface area (Å²) in [7, 11) is 0. The van der Waals surface area contributed by atoms with E-state index in [0.29, 0.717) is 41.7 Å². The lowest BCUT2D eigenvalue weighted by Gasteiger charge is -2.50. The molecule has 1 aromatic heterocycles. The van der Waals surface area contributed by atoms with Gasteiger partial charge in [0.25, 0.3) is 0 Å². The van der Waals surface area contributed by atoms with E-state index in [1.807, 2.05) is 42.5 Å². The summed E-state index contributed by atoms with van der Waals surface area (Å²) in [5.41, 5.74) is 7.40. The number of hydrogen-bond acceptors (Lipinski definition) is 9. The van der Waals surface area contributed by atoms with Crippen molar-refractivity contribution in [1.82, 2.24) is 25.1 Å². The highest BCUT2D eigenvalue weighted by Gasteiger charge is 2.39. The first-order valence-corrected chi connectivity index (χ1v) is 13.6. The summed E-state index contributed by atoms with van der Waals surface area (Å²) in [4.78, 5) is 13.2. The number of nitrogens with zero attached hydrogens (tertiary/aromatic N) is 4. The van der Waals surface area contributed by atoms with E-state index in [4.69, 9.17) is 15.9 Å². The van der Waals surface area contributed by atoms with E-state index < -0.39 is 12.2 Å². The molecule has 3 aliphatic heterocycles. The Morgan fingerprint density at radius 1 is 1.05 bits per heavy atom. The highest BCUT2D eigenvalue weighted by atomic mass is 19.1. The molecule has 3 fully saturated rings. The number of piperidine rings is 1. The van der Waals surface area contributed by atoms with Crippen LogP contribution in [0.4, 0.5) is 16.0 Å². The van der Waals surface area contributed by atoms with Crippen LogP contribution in [0.5, 0.6) is 11.5 Å². The third kappa shape index (κ3) is 5.73. The molecule has 9 nitrogen and oxygen atoms in total. The maximum Gasteiger partial charge on any atom is 0.141 e. The third-order valence-electron chi connectivity index (χ3n) is 7.98. The molecular formula is C29H35FN8O. The number of rotatable bonds is 9. The summed E-state index contributed by atoms with van der Waals surface area (Å²) >= 11 is 0. The maximum absolute atomic E-state index is 15.4. The van der Waals surface area contributed by atoms with Crippen LogP contribution in [0.2, 0.25) is 0 Å². The molecule has 3 aliphatic rings. The maximum atomic E-state index is 15.4. The van der Waals surface area contributed by atoms with Crippen molar-refractivity contribution in [3.05, 3.63) is 72.1 Å². The number of nitrogens with one attached hydrogen (secondary N) is 3. The highest BCUT2D eigenvalue weighted by molar-refractivity contribution is 6.16. The molecule has 2 aromatic carbocycles. The van der Waals surface area contributed by atoms with E-state index in [1.54, 1.807) is 12.1 Å². The van der Waals surface area contributed by atoms with Gasteiger partial charge in [-0.25, -0.2) is 14.4 Å². The predicted octanol–water partition coefficient (Wildman–Crippen LogP) is 3.00. The minimum atomic E-state index is -1.05. The number of hydrogen-bond donors (Lipinski definition) is 4. The van der Waals surface area contributed by atoms with Crippen molar-refractivity contribution in [2.24, 2.45) is 5.92 Å². The van der Waals surface area contributed by atoms with Crippen LogP contribution in [0.1, 0.15) is 17.5 Å². The second kappa shape index (κ2) is 11.3. The summed E-state index contributed by atoms with van der Waals surface area (Å²) in [6, 6.07) is 16.8. The SMILES string of the molecule is N=C(c1ccc(Oc2ccccc2)cc1)c1c(N)ncnc1N[C@@H]1CCN(C2CN(CC3CNC3)C2)C[C@@H]1F. The molecule has 0 aliphatic carbocycles. The van der Waals surface area contributed by atoms with Gasteiger partial charge in [-0.05, 0) is 48.7 Å². The first-order chi connectivity index (χ1) is 19.0. The third-order valence-corrected chi connectivity index (χ3v) is 7.98. The molecule has 204 valence electrons. The molecule has 4 heterocycles. The Labute approximate surface area is 228 Å². The van der Waals surface area contributed by atoms with Crippen LogP contribution < -0.4 is 21.1 Å². The van der Waals surface area contributed by atoms with Gasteiger partial charge in [0.05, 0.1) is 17.3 Å². The molecule has 0 spiro atoms. The van der Waals surface area contributed by atoms with E-state index in [-0.39, 0.29) is 11.5 Å². The Balaban J connectivity index is 1.08. The number of aromatic nitrogens is 2. The number of ether oxygens (including phenoxy) is 1. The minimum Gasteiger partial charge on any atom is -0.457 e. The monoisotopic (exact) mass is 530 g/mol. The van der Waals surface area contributed by atoms with E-state index in [1.165, 1.54) is 6.33 Å². The van der Waals surface area contributed by atoms with Crippen molar-refractivity contribution < 1.29 is 9.13 Å². The molecule has 6 rings (SSSR count). The van der Waals surface area contributed by atoms with Crippen LogP contribution in [0.25, 0.3) is 0 Å². The molecule has 10 heteroatoms. The van der Waals surface area contributed by atoms with Gasteiger partial charge < -0.3 is 21.1 Å². The van der Waals surface area contributed by atoms with Crippen molar-refractivity contribution in [3.8, 4) is 11.5 Å². The number of likely N-dealkylation sites (tertiary alicyclic amines) is 2. The molecule has 0 bridgehead atoms. The van der Waals surface area contributed by atoms with Gasteiger partial charge in [-0.3, -0.25) is 15.2 Å². The van der Waals surface area contributed by atoms with E-state index in [0.717, 1.165) is 50.9 Å². The van der Waals surface area contributed by atoms with Gasteiger partial charge in [0, 0.05) is 57.4 Å². The van der Waals surface area contributed by atoms with E-state index in [9.17, 15) is 0 Å². The second-order valence-corrected chi connectivity index (χ2v) is 10.7. The van der Waals surface area contributed by atoms with Crippen molar-refractivity contribution in [2.45, 2.75) is 24.7 Å². The molecule has 0 saturated carbocycles. The van der Waals surface area contributed by atoms with Crippen LogP contribution >= 0.6 is 0 Å². The van der Waals surface area contributed by atoms with Gasteiger partial charge in [0.15, 0.2) is 0 Å². The average Bonchev–Trinajstić information content (AvgIpc) is 2.89. The first kappa shape index (κ1) is 25.7. The summed E-state index contributed by atoms with van der Waals surface area (Å²) in [5.74, 6) is 2.74. The molecule has 5 N–H and O–H groups in total. The quantitative estimate of drug-likeness (QED) is 0.312. The Morgan fingerprint density at radius 3 is 2.49 bits per heavy atom. The lowest BCUT2D eigenvalue weighted by molar-refractivity contribution is -0.00926. The van der Waals surface area contributed by atoms with E-state index in [2.05, 4.69) is 30.4 Å². The smallest absolute Gasteiger partial charge is 0.141 e. The van der Waals surface area contributed by atoms with Gasteiger partial charge in [0.1, 0.15) is 35.6 Å². The fourth-order valence-electron chi connectivity index (χ4n) is 5.58. The van der Waals surface area contributed by atoms with Gasteiger partial charge in [-0.1, -0.05) is 18.2 Å². The Morgan fingerprint density at radius 2 is 1.79 bits per heavy atom. The largest absolute Gasteiger partial charge is 0.457 e. The first-order valence-electron chi connectivity index (χ1n) is 13.6. The van der Waals surface area contributed by atoms with Gasteiger partial charge in [-0.2, -0.15) is 0 Å². The summed E-state index contributed by atoms with van der Waals surface area (Å²) in [5, 5.41) is 15.5. The molecule has 39 heavy (non-hydrogen) atoms. The van der Waals surface area contributed by atoms with Gasteiger partial charge >= 0.3 is 0 Å². The lowest BCUT2D eigenvalue weighted by atomic mass is 9.95. The van der Waals surface area contributed by atoms with E-state index >= 15 is 4.39 Å². The van der Waals surface area contributed by atoms with Crippen molar-refractivity contribution in [2.75, 3.05) is 56.9 Å². The van der Waals surface area contributed by atoms with Crippen LogP contribution in [0, 0.1) is 11.3 Å². The molecule has 3 saturated heterocycles. The zero-order valence-electron chi connectivity index (χ0n) is 21.9. The number of benzene rings is 2. The molecular weight excluding hydrogens is 495 g/mol. The second-order valence-electron chi connectivity index (χ2n) is 10.7. The highest BCUT2D eigenvalue weighted by Crippen LogP contribution is 2.28. The predicted molar refractivity (Wildman–Crippen MR) is 150 cm³/mol. The van der Waals surface area contributed by atoms with Crippen molar-refractivity contribution >= 4 is 17.3 Å². The number of nitrogens with two attached hydrogens (primary N) is 1. The fraction of sp³-hybridized carbons (Fsp3) is 0.414. The molecule has 0 amide bonds. The number of nitrogen functional groups attached to an aromatic ring is 1. The number of para-hydroxylation sites is 1. The van der Waals surface area contributed by atoms with Gasteiger partial charge in [0.2, 0.25) is 0 Å². The normalized spacial score (nSPS) is 22.6. The summed E-state index contributed by atoms with van der Waals surface area (Å²) in [6.07, 6.45) is 0.969. The number of halogens is 1. The summed E-state index contributed by atoms with van der Waals surface area (Å²) < 4.78 is 21.3. The minimum absolute atomic E-state index is 0.172. The van der Waals surface area contributed by atoms with Crippen LogP contribution in [-0.2, 0) is 0 Å². The van der Waals surface area contributed by atoms with Gasteiger partial charge in [-0.15, -0.1) is 0 Å². The molecule has 0 radical (unpaired) electrons. The molecule has 3 aromatic rings. The Hall–Kier alpha value is -3.60. The standard InChI is InChI=1S/C29H35FN8O/c30-24-17-38(21-15-37(16-21)14-19-12-33-13-19)11-10-25(24)36-29-26(28(32)34-18-35-29)27(31)20-6-8-23(9-7-20)39-22-4-2-1-3-5-22/h1-9,18-19,21,24-25,31,33H,10-17H2,(H3,32,34,35,36)/t24-,25+/m0/s1. The topological polar surface area (TPSA) is 115 Å². The Bertz CT molecular complexity index is 1280. The fourth-order valence-corrected chi connectivity index (χ4v) is 5.58. The van der Waals surface area contributed by atoms with Crippen LogP contribution in [-0.4, -0.2) is 89.5 Å². The van der Waals surface area contributed by atoms with Crippen LogP contribution in [0.15, 0.2) is 60.9 Å². The van der Waals surface area contributed by atoms with Crippen molar-refractivity contribution in [1.29, 1.82) is 5.41 Å². The molecule has 0 unspecified atom stereocenters. The lowest BCUT2D eigenvalue weighted by Crippen LogP contribution is -2.65. The average molecular weight is 531 g/mol. The Kier molecular flexibility index (Phi) is 7.40. The summed E-state index contributed by atoms with van der Waals surface area (Å²) in [6.45, 7) is 6.67. The molecule has 2 atom stereocenters. The number of alkyl halides is 1. The van der Waals surface area contributed by atoms with Crippen molar-refractivity contribution in [3.63, 3.8) is 0 Å². The zero-order valence-corrected chi connectivity index (χ0v) is 21.9. The van der Waals surface area contributed by atoms with Crippen LogP contribution in [0.3, 0.4) is 0 Å². The zero-order chi connectivity index (χ0) is 26.8.